The van der Waals surface area contributed by atoms with Crippen LogP contribution in [0.5, 0.6) is 0 Å². The largest absolute Gasteiger partial charge is 0.453 e. The Kier molecular flexibility index (Phi) is 5.40. The summed E-state index contributed by atoms with van der Waals surface area (Å²) in [6, 6.07) is 6.97. The van der Waals surface area contributed by atoms with E-state index in [9.17, 15) is 9.59 Å². The van der Waals surface area contributed by atoms with Crippen molar-refractivity contribution in [2.45, 2.75) is 17.4 Å². The molecule has 0 radical (unpaired) electrons. The molecule has 1 heterocycles. The maximum atomic E-state index is 11.7. The number of carbonyl (C=O) groups excluding carboxylic acids is 2. The van der Waals surface area contributed by atoms with E-state index < -0.39 is 17.3 Å². The van der Waals surface area contributed by atoms with Crippen LogP contribution in [0.4, 0.5) is 4.79 Å². The number of amides is 2. The molecule has 116 valence electrons. The van der Waals surface area contributed by atoms with Crippen molar-refractivity contribution in [2.24, 2.45) is 0 Å². The van der Waals surface area contributed by atoms with Crippen molar-refractivity contribution >= 4 is 35.4 Å². The Morgan fingerprint density at radius 3 is 2.86 bits per heavy atom. The molecule has 1 N–H and O–H groups in total. The SMILES string of the molecule is COC(=O)NC(=O)[C@@H](C)Sc1nnc(-c2cccc(Cl)c2)o1. The molecule has 0 aliphatic carbocycles. The van der Waals surface area contributed by atoms with Crippen LogP contribution in [0.25, 0.3) is 11.5 Å². The highest BCUT2D eigenvalue weighted by Crippen LogP contribution is 2.27. The molecule has 9 heteroatoms. The van der Waals surface area contributed by atoms with Crippen LogP contribution in [0.2, 0.25) is 5.02 Å². The lowest BCUT2D eigenvalue weighted by molar-refractivity contribution is -0.119. The first-order valence-corrected chi connectivity index (χ1v) is 7.40. The average molecular weight is 342 g/mol. The zero-order valence-electron chi connectivity index (χ0n) is 11.7. The van der Waals surface area contributed by atoms with E-state index in [2.05, 4.69) is 20.3 Å². The lowest BCUT2D eigenvalue weighted by atomic mass is 10.2. The Bertz CT molecular complexity index is 691. The molecule has 0 unspecified atom stereocenters. The molecule has 1 atom stereocenters. The molecule has 1 aromatic carbocycles. The number of hydrogen-bond donors (Lipinski definition) is 1. The third-order valence-electron chi connectivity index (χ3n) is 2.54. The highest BCUT2D eigenvalue weighted by molar-refractivity contribution is 8.00. The summed E-state index contributed by atoms with van der Waals surface area (Å²) < 4.78 is 9.81. The van der Waals surface area contributed by atoms with Crippen LogP contribution in [0.1, 0.15) is 6.92 Å². The Morgan fingerprint density at radius 2 is 2.18 bits per heavy atom. The molecule has 0 bridgehead atoms. The van der Waals surface area contributed by atoms with Crippen LogP contribution in [-0.4, -0.2) is 34.6 Å². The van der Waals surface area contributed by atoms with Gasteiger partial charge in [0.25, 0.3) is 5.22 Å². The first kappa shape index (κ1) is 16.3. The molecule has 7 nitrogen and oxygen atoms in total. The Hall–Kier alpha value is -2.06. The molecule has 0 spiro atoms. The summed E-state index contributed by atoms with van der Waals surface area (Å²) in [5.74, 6) is -0.218. The number of benzene rings is 1. The van der Waals surface area contributed by atoms with E-state index in [4.69, 9.17) is 16.0 Å². The molecule has 0 saturated heterocycles. The predicted molar refractivity (Wildman–Crippen MR) is 80.6 cm³/mol. The van der Waals surface area contributed by atoms with Crippen LogP contribution >= 0.6 is 23.4 Å². The minimum absolute atomic E-state index is 0.211. The number of ether oxygens (including phenoxy) is 1. The van der Waals surface area contributed by atoms with Crippen LogP contribution in [0, 0.1) is 0 Å². The van der Waals surface area contributed by atoms with Gasteiger partial charge in [-0.1, -0.05) is 29.4 Å². The van der Waals surface area contributed by atoms with Crippen molar-refractivity contribution in [1.29, 1.82) is 0 Å². The molecule has 0 aliphatic rings. The Balaban J connectivity index is 2.03. The maximum absolute atomic E-state index is 11.7. The second-order valence-corrected chi connectivity index (χ2v) is 5.85. The first-order valence-electron chi connectivity index (χ1n) is 6.14. The minimum Gasteiger partial charge on any atom is -0.453 e. The highest BCUT2D eigenvalue weighted by Gasteiger charge is 2.20. The van der Waals surface area contributed by atoms with Gasteiger partial charge in [-0.05, 0) is 25.1 Å². The van der Waals surface area contributed by atoms with E-state index in [0.717, 1.165) is 11.8 Å². The van der Waals surface area contributed by atoms with Gasteiger partial charge in [-0.3, -0.25) is 10.1 Å². The van der Waals surface area contributed by atoms with Crippen LogP contribution in [0.3, 0.4) is 0 Å². The van der Waals surface area contributed by atoms with Gasteiger partial charge >= 0.3 is 6.09 Å². The maximum Gasteiger partial charge on any atom is 0.413 e. The van der Waals surface area contributed by atoms with E-state index in [1.807, 2.05) is 0 Å². The molecule has 2 rings (SSSR count). The summed E-state index contributed by atoms with van der Waals surface area (Å²) in [6.45, 7) is 1.60. The summed E-state index contributed by atoms with van der Waals surface area (Å²) in [7, 11) is 1.18. The lowest BCUT2D eigenvalue weighted by Gasteiger charge is -2.07. The van der Waals surface area contributed by atoms with E-state index in [1.165, 1.54) is 7.11 Å². The number of alkyl carbamates (subject to hydrolysis) is 1. The van der Waals surface area contributed by atoms with Crippen LogP contribution in [0.15, 0.2) is 33.9 Å². The standard InChI is InChI=1S/C13H12ClN3O4S/c1-7(10(18)15-12(19)20-2)22-13-17-16-11(21-13)8-4-3-5-9(14)6-8/h3-7H,1-2H3,(H,15,18,19)/t7-/m1/s1. The molecule has 0 fully saturated rings. The molecule has 0 aliphatic heterocycles. The normalized spacial score (nSPS) is 11.8. The summed E-state index contributed by atoms with van der Waals surface area (Å²) >= 11 is 6.93. The summed E-state index contributed by atoms with van der Waals surface area (Å²) in [5, 5.41) is 9.97. The van der Waals surface area contributed by atoms with Crippen LogP contribution in [-0.2, 0) is 9.53 Å². The predicted octanol–water partition coefficient (Wildman–Crippen LogP) is 2.75. The van der Waals surface area contributed by atoms with Crippen molar-refractivity contribution in [1.82, 2.24) is 15.5 Å². The van der Waals surface area contributed by atoms with Crippen molar-refractivity contribution in [2.75, 3.05) is 7.11 Å². The number of thioether (sulfide) groups is 1. The number of nitrogens with one attached hydrogen (secondary N) is 1. The number of imide groups is 1. The van der Waals surface area contributed by atoms with Gasteiger partial charge in [-0.2, -0.15) is 0 Å². The van der Waals surface area contributed by atoms with E-state index in [1.54, 1.807) is 31.2 Å². The first-order chi connectivity index (χ1) is 10.5. The summed E-state index contributed by atoms with van der Waals surface area (Å²) in [5.41, 5.74) is 0.679. The minimum atomic E-state index is -0.817. The topological polar surface area (TPSA) is 94.3 Å². The van der Waals surface area contributed by atoms with Crippen molar-refractivity contribution < 1.29 is 18.7 Å². The Morgan fingerprint density at radius 1 is 1.41 bits per heavy atom. The van der Waals surface area contributed by atoms with Gasteiger partial charge in [0.05, 0.1) is 12.4 Å². The highest BCUT2D eigenvalue weighted by atomic mass is 35.5. The second-order valence-electron chi connectivity index (χ2n) is 4.12. The third kappa shape index (κ3) is 4.22. The summed E-state index contributed by atoms with van der Waals surface area (Å²) in [6.07, 6.45) is -0.817. The lowest BCUT2D eigenvalue weighted by Crippen LogP contribution is -2.35. The van der Waals surface area contributed by atoms with Gasteiger partial charge in [0.2, 0.25) is 11.8 Å². The Labute approximate surface area is 135 Å². The molecule has 0 saturated carbocycles. The van der Waals surface area contributed by atoms with Gasteiger partial charge < -0.3 is 9.15 Å². The number of halogens is 1. The molecular weight excluding hydrogens is 330 g/mol. The van der Waals surface area contributed by atoms with Crippen LogP contribution < -0.4 is 5.32 Å². The van der Waals surface area contributed by atoms with Gasteiger partial charge in [0.15, 0.2) is 0 Å². The molecular formula is C13H12ClN3O4S. The quantitative estimate of drug-likeness (QED) is 0.854. The van der Waals surface area contributed by atoms with Crippen molar-refractivity contribution in [3.05, 3.63) is 29.3 Å². The van der Waals surface area contributed by atoms with Crippen molar-refractivity contribution in [3.63, 3.8) is 0 Å². The summed E-state index contributed by atoms with van der Waals surface area (Å²) in [4.78, 5) is 22.7. The van der Waals surface area contributed by atoms with E-state index >= 15 is 0 Å². The smallest absolute Gasteiger partial charge is 0.413 e. The number of aromatic nitrogens is 2. The molecule has 2 aromatic rings. The number of rotatable bonds is 4. The van der Waals surface area contributed by atoms with Gasteiger partial charge in [0.1, 0.15) is 0 Å². The van der Waals surface area contributed by atoms with Gasteiger partial charge in [0, 0.05) is 10.6 Å². The van der Waals surface area contributed by atoms with Gasteiger partial charge in [-0.25, -0.2) is 4.79 Å². The molecule has 2 amide bonds. The monoisotopic (exact) mass is 341 g/mol. The number of hydrogen-bond acceptors (Lipinski definition) is 7. The fraction of sp³-hybridized carbons (Fsp3) is 0.231. The zero-order valence-corrected chi connectivity index (χ0v) is 13.3. The third-order valence-corrected chi connectivity index (χ3v) is 3.70. The molecule has 22 heavy (non-hydrogen) atoms. The van der Waals surface area contributed by atoms with Gasteiger partial charge in [-0.15, -0.1) is 10.2 Å². The number of carbonyl (C=O) groups is 2. The average Bonchev–Trinajstić information content (AvgIpc) is 2.95. The zero-order chi connectivity index (χ0) is 16.1. The van der Waals surface area contributed by atoms with E-state index in [0.29, 0.717) is 16.5 Å². The number of nitrogens with zero attached hydrogens (tertiary/aromatic N) is 2. The van der Waals surface area contributed by atoms with Crippen molar-refractivity contribution in [3.8, 4) is 11.5 Å². The second kappa shape index (κ2) is 7.28. The fourth-order valence-corrected chi connectivity index (χ4v) is 2.33. The molecule has 1 aromatic heterocycles. The fourth-order valence-electron chi connectivity index (χ4n) is 1.45. The number of methoxy groups -OCH3 is 1. The van der Waals surface area contributed by atoms with E-state index in [-0.39, 0.29) is 5.22 Å².